The molecule has 0 rings (SSSR count). The van der Waals surface area contributed by atoms with Gasteiger partial charge in [-0.2, -0.15) is 0 Å². The summed E-state index contributed by atoms with van der Waals surface area (Å²) in [6, 6.07) is -0.541. The second-order valence-corrected chi connectivity index (χ2v) is 22.1. The van der Waals surface area contributed by atoms with Crippen LogP contribution < -0.4 is 5.32 Å². The van der Waals surface area contributed by atoms with E-state index in [0.717, 1.165) is 44.9 Å². The maximum atomic E-state index is 12.5. The fourth-order valence-corrected chi connectivity index (χ4v) is 10.0. The molecule has 1 amide bonds. The highest BCUT2D eigenvalue weighted by Crippen LogP contribution is 2.18. The first-order valence-corrected chi connectivity index (χ1v) is 32.1. The van der Waals surface area contributed by atoms with E-state index >= 15 is 0 Å². The molecule has 0 saturated heterocycles. The number of esters is 1. The van der Waals surface area contributed by atoms with Gasteiger partial charge < -0.3 is 20.3 Å². The van der Waals surface area contributed by atoms with Crippen LogP contribution in [-0.2, 0) is 14.3 Å². The number of nitrogens with one attached hydrogen (secondary N) is 1. The number of rotatable bonds is 60. The van der Waals surface area contributed by atoms with Gasteiger partial charge in [0.15, 0.2) is 0 Å². The van der Waals surface area contributed by atoms with E-state index in [2.05, 4.69) is 43.5 Å². The van der Waals surface area contributed by atoms with Crippen molar-refractivity contribution in [1.29, 1.82) is 0 Å². The quantitative estimate of drug-likeness (QED) is 0.0320. The third-order valence-electron chi connectivity index (χ3n) is 15.0. The van der Waals surface area contributed by atoms with Gasteiger partial charge in [-0.3, -0.25) is 9.59 Å². The second kappa shape index (κ2) is 60.9. The fraction of sp³-hybridized carbons (Fsp3) is 0.908. The molecule has 0 aromatic rings. The molecule has 0 heterocycles. The van der Waals surface area contributed by atoms with Gasteiger partial charge in [0.1, 0.15) is 0 Å². The van der Waals surface area contributed by atoms with Crippen molar-refractivity contribution in [2.45, 2.75) is 366 Å². The minimum atomic E-state index is -0.663. The molecule has 2 atom stereocenters. The van der Waals surface area contributed by atoms with Crippen LogP contribution >= 0.6 is 0 Å². The van der Waals surface area contributed by atoms with Crippen molar-refractivity contribution in [2.75, 3.05) is 13.2 Å². The Morgan fingerprint density at radius 3 is 1.04 bits per heavy atom. The number of hydrogen-bond donors (Lipinski definition) is 3. The van der Waals surface area contributed by atoms with E-state index in [1.807, 2.05) is 0 Å². The third kappa shape index (κ3) is 57.5. The number of hydrogen-bond acceptors (Lipinski definition) is 5. The molecular formula is C65H125NO5. The zero-order chi connectivity index (χ0) is 51.4. The van der Waals surface area contributed by atoms with Crippen LogP contribution in [0.3, 0.4) is 0 Å². The Labute approximate surface area is 443 Å². The summed E-state index contributed by atoms with van der Waals surface area (Å²) in [6.45, 7) is 4.93. The molecular weight excluding hydrogens is 875 g/mol. The maximum Gasteiger partial charge on any atom is 0.305 e. The summed E-state index contributed by atoms with van der Waals surface area (Å²) < 4.78 is 5.46. The summed E-state index contributed by atoms with van der Waals surface area (Å²) in [7, 11) is 0. The smallest absolute Gasteiger partial charge is 0.305 e. The number of allylic oxidation sites excluding steroid dienone is 4. The van der Waals surface area contributed by atoms with Gasteiger partial charge in [-0.15, -0.1) is 0 Å². The first-order valence-electron chi connectivity index (χ1n) is 32.1. The number of carbonyl (C=O) groups is 2. The first kappa shape index (κ1) is 69.3. The average Bonchev–Trinajstić information content (AvgIpc) is 3.37. The van der Waals surface area contributed by atoms with Crippen LogP contribution in [0.5, 0.6) is 0 Å². The molecule has 0 saturated carbocycles. The van der Waals surface area contributed by atoms with Crippen molar-refractivity contribution in [3.63, 3.8) is 0 Å². The minimum Gasteiger partial charge on any atom is -0.466 e. The van der Waals surface area contributed by atoms with E-state index in [1.54, 1.807) is 0 Å². The molecule has 0 aromatic heterocycles. The van der Waals surface area contributed by atoms with E-state index in [4.69, 9.17) is 4.74 Å². The van der Waals surface area contributed by atoms with Crippen LogP contribution in [0.4, 0.5) is 0 Å². The van der Waals surface area contributed by atoms with Crippen LogP contribution in [0.1, 0.15) is 354 Å². The van der Waals surface area contributed by atoms with E-state index in [9.17, 15) is 19.8 Å². The van der Waals surface area contributed by atoms with Gasteiger partial charge in [0, 0.05) is 12.8 Å². The largest absolute Gasteiger partial charge is 0.466 e. The predicted octanol–water partition coefficient (Wildman–Crippen LogP) is 20.2. The van der Waals surface area contributed by atoms with Crippen LogP contribution in [0.15, 0.2) is 24.3 Å². The SMILES string of the molecule is CCCC/C=C\CCCCCCCC(=O)OCCCCCCCCCCCCCC/C=C\CCCCCCCCCCCCCCC(=O)NC(CO)C(O)CCCCCCCCCCCCCCCCC. The number of carbonyl (C=O) groups excluding carboxylic acids is 2. The molecule has 420 valence electrons. The van der Waals surface area contributed by atoms with Crippen LogP contribution in [0, 0.1) is 0 Å². The number of aliphatic hydroxyl groups excluding tert-OH is 2. The molecule has 2 unspecified atom stereocenters. The minimum absolute atomic E-state index is 0.00496. The number of unbranched alkanes of at least 4 members (excludes halogenated alkanes) is 45. The summed E-state index contributed by atoms with van der Waals surface area (Å²) in [5.41, 5.74) is 0. The Kier molecular flexibility index (Phi) is 59.5. The summed E-state index contributed by atoms with van der Waals surface area (Å²) in [6.07, 6.45) is 74.9. The van der Waals surface area contributed by atoms with Crippen LogP contribution in [-0.4, -0.2) is 47.4 Å². The Bertz CT molecular complexity index is 1110. The summed E-state index contributed by atoms with van der Waals surface area (Å²) in [4.78, 5) is 24.5. The predicted molar refractivity (Wildman–Crippen MR) is 310 cm³/mol. The van der Waals surface area contributed by atoms with E-state index in [-0.39, 0.29) is 18.5 Å². The number of aliphatic hydroxyl groups is 2. The molecule has 6 heteroatoms. The van der Waals surface area contributed by atoms with Crippen molar-refractivity contribution >= 4 is 11.9 Å². The maximum absolute atomic E-state index is 12.5. The van der Waals surface area contributed by atoms with Crippen molar-refractivity contribution in [3.8, 4) is 0 Å². The number of ether oxygens (including phenoxy) is 1. The average molecular weight is 1000 g/mol. The zero-order valence-electron chi connectivity index (χ0n) is 48.0. The zero-order valence-corrected chi connectivity index (χ0v) is 48.0. The van der Waals surface area contributed by atoms with Gasteiger partial charge in [0.25, 0.3) is 0 Å². The third-order valence-corrected chi connectivity index (χ3v) is 15.0. The van der Waals surface area contributed by atoms with Gasteiger partial charge in [0.05, 0.1) is 25.4 Å². The summed E-state index contributed by atoms with van der Waals surface area (Å²) >= 11 is 0. The monoisotopic (exact) mass is 1000 g/mol. The molecule has 0 aliphatic rings. The highest BCUT2D eigenvalue weighted by molar-refractivity contribution is 5.76. The summed E-state index contributed by atoms with van der Waals surface area (Å²) in [5.74, 6) is -0.0277. The van der Waals surface area contributed by atoms with Crippen LogP contribution in [0.25, 0.3) is 0 Å². The lowest BCUT2D eigenvalue weighted by molar-refractivity contribution is -0.143. The number of amides is 1. The van der Waals surface area contributed by atoms with E-state index < -0.39 is 12.1 Å². The second-order valence-electron chi connectivity index (χ2n) is 22.1. The fourth-order valence-electron chi connectivity index (χ4n) is 10.0. The summed E-state index contributed by atoms with van der Waals surface area (Å²) in [5, 5.41) is 23.3. The molecule has 6 nitrogen and oxygen atoms in total. The lowest BCUT2D eigenvalue weighted by Gasteiger charge is -2.22. The molecule has 71 heavy (non-hydrogen) atoms. The lowest BCUT2D eigenvalue weighted by Crippen LogP contribution is -2.45. The van der Waals surface area contributed by atoms with Gasteiger partial charge in [-0.25, -0.2) is 0 Å². The van der Waals surface area contributed by atoms with Crippen LogP contribution in [0.2, 0.25) is 0 Å². The molecule has 0 radical (unpaired) electrons. The van der Waals surface area contributed by atoms with Gasteiger partial charge >= 0.3 is 5.97 Å². The molecule has 0 aromatic carbocycles. The van der Waals surface area contributed by atoms with Crippen molar-refractivity contribution < 1.29 is 24.5 Å². The highest BCUT2D eigenvalue weighted by Gasteiger charge is 2.20. The first-order chi connectivity index (χ1) is 35.0. The molecule has 0 spiro atoms. The van der Waals surface area contributed by atoms with Crippen molar-refractivity contribution in [3.05, 3.63) is 24.3 Å². The Morgan fingerprint density at radius 1 is 0.380 bits per heavy atom. The van der Waals surface area contributed by atoms with E-state index in [0.29, 0.717) is 25.9 Å². The molecule has 3 N–H and O–H groups in total. The van der Waals surface area contributed by atoms with Crippen molar-refractivity contribution in [1.82, 2.24) is 5.32 Å². The molecule has 0 bridgehead atoms. The van der Waals surface area contributed by atoms with Gasteiger partial charge in [0.2, 0.25) is 5.91 Å². The molecule has 0 fully saturated rings. The van der Waals surface area contributed by atoms with E-state index in [1.165, 1.54) is 276 Å². The standard InChI is InChI=1S/C65H125NO5/c1-3-5-7-9-11-13-15-16-31-34-38-41-45-49-53-57-63(68)62(61-67)66-64(69)58-54-50-46-42-39-35-32-29-27-25-23-21-19-17-18-20-22-24-26-28-30-33-36-40-44-48-52-56-60-71-65(70)59-55-51-47-43-37-14-12-10-8-6-4-2/h10,12,17-18,62-63,67-68H,3-9,11,13-16,19-61H2,1-2H3,(H,66,69)/b12-10-,18-17-. The highest BCUT2D eigenvalue weighted by atomic mass is 16.5. The lowest BCUT2D eigenvalue weighted by atomic mass is 10.0. The molecule has 0 aliphatic heterocycles. The Morgan fingerprint density at radius 2 is 0.676 bits per heavy atom. The normalized spacial score (nSPS) is 12.7. The van der Waals surface area contributed by atoms with Gasteiger partial charge in [-0.1, -0.05) is 295 Å². The Balaban J connectivity index is 3.38. The van der Waals surface area contributed by atoms with Gasteiger partial charge in [-0.05, 0) is 70.6 Å². The topological polar surface area (TPSA) is 95.9 Å². The van der Waals surface area contributed by atoms with Crippen molar-refractivity contribution in [2.24, 2.45) is 0 Å². The Hall–Kier alpha value is -1.66. The molecule has 0 aliphatic carbocycles.